The highest BCUT2D eigenvalue weighted by Crippen LogP contribution is 2.34. The molecule has 0 radical (unpaired) electrons. The number of rotatable bonds is 3. The SMILES string of the molecule is Nc1cccc(Cl)c1SCc1nc(N)c2ccccc2n1. The van der Waals surface area contributed by atoms with E-state index < -0.39 is 0 Å². The predicted octanol–water partition coefficient (Wildman–Crippen LogP) is 3.74. The van der Waals surface area contributed by atoms with E-state index in [1.54, 1.807) is 0 Å². The van der Waals surface area contributed by atoms with E-state index in [1.165, 1.54) is 11.8 Å². The van der Waals surface area contributed by atoms with Gasteiger partial charge in [-0.1, -0.05) is 29.8 Å². The number of thioether (sulfide) groups is 1. The molecule has 0 atom stereocenters. The van der Waals surface area contributed by atoms with E-state index in [0.717, 1.165) is 15.8 Å². The fourth-order valence-electron chi connectivity index (χ4n) is 2.03. The van der Waals surface area contributed by atoms with Crippen molar-refractivity contribution >= 4 is 45.8 Å². The Morgan fingerprint density at radius 3 is 2.62 bits per heavy atom. The van der Waals surface area contributed by atoms with E-state index in [2.05, 4.69) is 9.97 Å². The van der Waals surface area contributed by atoms with Crippen molar-refractivity contribution in [1.82, 2.24) is 9.97 Å². The minimum atomic E-state index is 0.489. The Bertz CT molecular complexity index is 787. The van der Waals surface area contributed by atoms with Gasteiger partial charge in [-0.3, -0.25) is 0 Å². The summed E-state index contributed by atoms with van der Waals surface area (Å²) < 4.78 is 0. The third-order valence-corrected chi connectivity index (χ3v) is 4.60. The van der Waals surface area contributed by atoms with Crippen LogP contribution in [0.2, 0.25) is 5.02 Å². The molecular weight excluding hydrogens is 304 g/mol. The monoisotopic (exact) mass is 316 g/mol. The molecule has 0 amide bonds. The smallest absolute Gasteiger partial charge is 0.141 e. The molecule has 6 heteroatoms. The third kappa shape index (κ3) is 2.89. The van der Waals surface area contributed by atoms with Gasteiger partial charge in [-0.05, 0) is 24.3 Å². The fourth-order valence-corrected chi connectivity index (χ4v) is 3.22. The number of hydrogen-bond donors (Lipinski definition) is 2. The molecule has 0 saturated carbocycles. The van der Waals surface area contributed by atoms with Gasteiger partial charge in [0.05, 0.1) is 16.3 Å². The zero-order chi connectivity index (χ0) is 14.8. The summed E-state index contributed by atoms with van der Waals surface area (Å²) in [7, 11) is 0. The van der Waals surface area contributed by atoms with Gasteiger partial charge in [0.2, 0.25) is 0 Å². The Kier molecular flexibility index (Phi) is 3.86. The molecule has 0 fully saturated rings. The summed E-state index contributed by atoms with van der Waals surface area (Å²) in [6, 6.07) is 13.1. The summed E-state index contributed by atoms with van der Waals surface area (Å²) in [6.45, 7) is 0. The molecule has 0 aliphatic carbocycles. The Labute approximate surface area is 131 Å². The van der Waals surface area contributed by atoms with Gasteiger partial charge in [-0.25, -0.2) is 9.97 Å². The van der Waals surface area contributed by atoms with Crippen molar-refractivity contribution in [3.8, 4) is 0 Å². The van der Waals surface area contributed by atoms with Gasteiger partial charge in [-0.2, -0.15) is 0 Å². The maximum atomic E-state index is 6.16. The number of nitrogens with zero attached hydrogens (tertiary/aromatic N) is 2. The number of benzene rings is 2. The van der Waals surface area contributed by atoms with E-state index in [4.69, 9.17) is 23.1 Å². The van der Waals surface area contributed by atoms with E-state index in [-0.39, 0.29) is 0 Å². The van der Waals surface area contributed by atoms with Crippen LogP contribution in [0.25, 0.3) is 10.9 Å². The first-order valence-electron chi connectivity index (χ1n) is 6.33. The van der Waals surface area contributed by atoms with Crippen LogP contribution in [-0.2, 0) is 5.75 Å². The molecule has 106 valence electrons. The number of para-hydroxylation sites is 1. The minimum absolute atomic E-state index is 0.489. The van der Waals surface area contributed by atoms with Crippen LogP contribution >= 0.6 is 23.4 Å². The van der Waals surface area contributed by atoms with Gasteiger partial charge in [0.15, 0.2) is 0 Å². The molecule has 0 saturated heterocycles. The average molecular weight is 317 g/mol. The second-order valence-electron chi connectivity index (χ2n) is 4.49. The van der Waals surface area contributed by atoms with Crippen LogP contribution in [0.15, 0.2) is 47.4 Å². The standard InChI is InChI=1S/C15H13ClN4S/c16-10-5-3-6-11(17)14(10)21-8-13-19-12-7-2-1-4-9(12)15(18)20-13/h1-7H,8,17H2,(H2,18,19,20). The van der Waals surface area contributed by atoms with Crippen molar-refractivity contribution in [2.45, 2.75) is 10.6 Å². The number of halogens is 1. The van der Waals surface area contributed by atoms with E-state index in [9.17, 15) is 0 Å². The lowest BCUT2D eigenvalue weighted by molar-refractivity contribution is 1.08. The number of aromatic nitrogens is 2. The summed E-state index contributed by atoms with van der Waals surface area (Å²) in [5.74, 6) is 1.71. The second-order valence-corrected chi connectivity index (χ2v) is 5.88. The first-order chi connectivity index (χ1) is 10.1. The van der Waals surface area contributed by atoms with Gasteiger partial charge in [0.25, 0.3) is 0 Å². The number of nitrogens with two attached hydrogens (primary N) is 2. The van der Waals surface area contributed by atoms with Gasteiger partial charge in [-0.15, -0.1) is 11.8 Å². The van der Waals surface area contributed by atoms with Gasteiger partial charge >= 0.3 is 0 Å². The first kappa shape index (κ1) is 14.0. The van der Waals surface area contributed by atoms with Crippen molar-refractivity contribution in [3.05, 3.63) is 53.3 Å². The quantitative estimate of drug-likeness (QED) is 0.568. The number of anilines is 2. The Hall–Kier alpha value is -1.98. The molecule has 3 aromatic rings. The van der Waals surface area contributed by atoms with Crippen LogP contribution in [0.3, 0.4) is 0 Å². The van der Waals surface area contributed by atoms with Crippen molar-refractivity contribution < 1.29 is 0 Å². The highest BCUT2D eigenvalue weighted by molar-refractivity contribution is 7.98. The van der Waals surface area contributed by atoms with Crippen LogP contribution in [-0.4, -0.2) is 9.97 Å². The summed E-state index contributed by atoms with van der Waals surface area (Å²) in [5, 5.41) is 1.50. The van der Waals surface area contributed by atoms with Crippen molar-refractivity contribution in [3.63, 3.8) is 0 Å². The molecule has 21 heavy (non-hydrogen) atoms. The van der Waals surface area contributed by atoms with Crippen LogP contribution in [0.5, 0.6) is 0 Å². The van der Waals surface area contributed by atoms with Gasteiger partial charge < -0.3 is 11.5 Å². The summed E-state index contributed by atoms with van der Waals surface area (Å²) >= 11 is 7.66. The van der Waals surface area contributed by atoms with Crippen molar-refractivity contribution in [2.24, 2.45) is 0 Å². The van der Waals surface area contributed by atoms with Crippen LogP contribution in [0.1, 0.15) is 5.82 Å². The lowest BCUT2D eigenvalue weighted by Crippen LogP contribution is -2.00. The number of fused-ring (bicyclic) bond motifs is 1. The van der Waals surface area contributed by atoms with E-state index in [1.807, 2.05) is 42.5 Å². The number of hydrogen-bond acceptors (Lipinski definition) is 5. The molecule has 0 unspecified atom stereocenters. The molecular formula is C15H13ClN4S. The van der Waals surface area contributed by atoms with Crippen LogP contribution in [0.4, 0.5) is 11.5 Å². The highest BCUT2D eigenvalue weighted by Gasteiger charge is 2.09. The largest absolute Gasteiger partial charge is 0.398 e. The normalized spacial score (nSPS) is 10.9. The molecule has 1 aromatic heterocycles. The molecule has 0 bridgehead atoms. The zero-order valence-electron chi connectivity index (χ0n) is 11.1. The molecule has 0 aliphatic heterocycles. The highest BCUT2D eigenvalue weighted by atomic mass is 35.5. The molecule has 3 rings (SSSR count). The van der Waals surface area contributed by atoms with Crippen LogP contribution in [0, 0.1) is 0 Å². The molecule has 4 nitrogen and oxygen atoms in total. The zero-order valence-corrected chi connectivity index (χ0v) is 12.7. The topological polar surface area (TPSA) is 77.8 Å². The summed E-state index contributed by atoms with van der Waals surface area (Å²) in [6.07, 6.45) is 0. The maximum Gasteiger partial charge on any atom is 0.141 e. The fraction of sp³-hybridized carbons (Fsp3) is 0.0667. The molecule has 4 N–H and O–H groups in total. The molecule has 0 spiro atoms. The maximum absolute atomic E-state index is 6.16. The third-order valence-electron chi connectivity index (χ3n) is 3.02. The van der Waals surface area contributed by atoms with Crippen molar-refractivity contribution in [1.29, 1.82) is 0 Å². The molecule has 0 aliphatic rings. The summed E-state index contributed by atoms with van der Waals surface area (Å²) in [5.41, 5.74) is 13.4. The number of nitrogen functional groups attached to an aromatic ring is 2. The first-order valence-corrected chi connectivity index (χ1v) is 7.69. The van der Waals surface area contributed by atoms with Crippen LogP contribution < -0.4 is 11.5 Å². The van der Waals surface area contributed by atoms with E-state index in [0.29, 0.717) is 28.1 Å². The minimum Gasteiger partial charge on any atom is -0.398 e. The van der Waals surface area contributed by atoms with Gasteiger partial charge in [0, 0.05) is 16.0 Å². The lowest BCUT2D eigenvalue weighted by Gasteiger charge is -2.08. The Morgan fingerprint density at radius 1 is 1.00 bits per heavy atom. The Morgan fingerprint density at radius 2 is 1.81 bits per heavy atom. The molecule has 2 aromatic carbocycles. The average Bonchev–Trinajstić information content (AvgIpc) is 2.47. The second kappa shape index (κ2) is 5.79. The Balaban J connectivity index is 1.89. The predicted molar refractivity (Wildman–Crippen MR) is 89.4 cm³/mol. The van der Waals surface area contributed by atoms with Gasteiger partial charge in [0.1, 0.15) is 11.6 Å². The lowest BCUT2D eigenvalue weighted by atomic mass is 10.2. The van der Waals surface area contributed by atoms with E-state index >= 15 is 0 Å². The molecule has 1 heterocycles. The van der Waals surface area contributed by atoms with Crippen molar-refractivity contribution in [2.75, 3.05) is 11.5 Å². The summed E-state index contributed by atoms with van der Waals surface area (Å²) in [4.78, 5) is 9.69.